The van der Waals surface area contributed by atoms with Crippen molar-refractivity contribution in [2.24, 2.45) is 11.1 Å². The van der Waals surface area contributed by atoms with Crippen molar-refractivity contribution in [3.8, 4) is 0 Å². The molecule has 3 aliphatic rings. The molecule has 1 fully saturated rings. The molecule has 0 bridgehead atoms. The monoisotopic (exact) mass is 544 g/mol. The summed E-state index contributed by atoms with van der Waals surface area (Å²) in [6.07, 6.45) is -5.70. The first-order chi connectivity index (χ1) is 16.9. The largest absolute Gasteiger partial charge is 0.447 e. The number of hydrogen-bond donors (Lipinski definition) is 0. The molecule has 3 heterocycles. The molecule has 0 N–H and O–H groups in total. The number of benzene rings is 2. The van der Waals surface area contributed by atoms with Gasteiger partial charge < -0.3 is 14.5 Å². The van der Waals surface area contributed by atoms with Gasteiger partial charge in [0.2, 0.25) is 5.91 Å². The highest BCUT2D eigenvalue weighted by Gasteiger charge is 2.57. The molecule has 0 aliphatic carbocycles. The highest BCUT2D eigenvalue weighted by atomic mass is 35.5. The van der Waals surface area contributed by atoms with E-state index in [1.807, 2.05) is 6.92 Å². The number of nitrogens with zero attached hydrogens (tertiary/aromatic N) is 2. The molecule has 1 spiro atoms. The minimum atomic E-state index is -4.88. The maximum absolute atomic E-state index is 14.6. The van der Waals surface area contributed by atoms with Crippen LogP contribution in [0.4, 0.5) is 17.6 Å². The fraction of sp³-hybridized carbons (Fsp3) is 0.375. The number of rotatable bonds is 4. The summed E-state index contributed by atoms with van der Waals surface area (Å²) in [5.74, 6) is -4.21. The number of ether oxygens (including phenoxy) is 1. The Labute approximate surface area is 212 Å². The third-order valence-electron chi connectivity index (χ3n) is 6.57. The molecule has 1 saturated heterocycles. The van der Waals surface area contributed by atoms with Gasteiger partial charge in [-0.2, -0.15) is 13.2 Å². The summed E-state index contributed by atoms with van der Waals surface area (Å²) in [6, 6.07) is 6.21. The van der Waals surface area contributed by atoms with Crippen molar-refractivity contribution >= 4 is 40.8 Å². The number of alkyl halides is 3. The lowest BCUT2D eigenvalue weighted by atomic mass is 9.82. The SMILES string of the molecule is CCCC(=O)N1CC2(C1)OC(=O)c1cc(C3=NOC(c4cc(Cl)cc(Cl)c4F)C3C(F)(F)F)ccc12. The smallest absolute Gasteiger partial charge is 0.401 e. The molecule has 2 aromatic carbocycles. The zero-order valence-corrected chi connectivity index (χ0v) is 20.2. The molecule has 2 unspecified atom stereocenters. The van der Waals surface area contributed by atoms with E-state index in [4.69, 9.17) is 32.8 Å². The highest BCUT2D eigenvalue weighted by molar-refractivity contribution is 6.34. The first-order valence-corrected chi connectivity index (χ1v) is 11.8. The summed E-state index contributed by atoms with van der Waals surface area (Å²) in [5, 5.41) is 3.11. The molecule has 1 amide bonds. The molecule has 0 radical (unpaired) electrons. The number of fused-ring (bicyclic) bond motifs is 2. The number of halogens is 6. The molecule has 2 aromatic rings. The van der Waals surface area contributed by atoms with E-state index in [9.17, 15) is 27.2 Å². The van der Waals surface area contributed by atoms with Gasteiger partial charge in [0, 0.05) is 28.1 Å². The Morgan fingerprint density at radius 2 is 1.94 bits per heavy atom. The van der Waals surface area contributed by atoms with Crippen LogP contribution in [0.5, 0.6) is 0 Å². The van der Waals surface area contributed by atoms with Gasteiger partial charge in [-0.3, -0.25) is 4.79 Å². The third kappa shape index (κ3) is 3.91. The van der Waals surface area contributed by atoms with E-state index in [1.165, 1.54) is 18.2 Å². The average Bonchev–Trinajstić information content (AvgIpc) is 3.35. The van der Waals surface area contributed by atoms with Crippen molar-refractivity contribution < 1.29 is 36.7 Å². The Balaban J connectivity index is 1.47. The maximum Gasteiger partial charge on any atom is 0.401 e. The molecular weight excluding hydrogens is 527 g/mol. The van der Waals surface area contributed by atoms with E-state index >= 15 is 0 Å². The molecule has 6 nitrogen and oxygen atoms in total. The quantitative estimate of drug-likeness (QED) is 0.277. The number of hydrogen-bond acceptors (Lipinski definition) is 5. The molecular formula is C24H18Cl2F4N2O4. The third-order valence-corrected chi connectivity index (χ3v) is 7.06. The van der Waals surface area contributed by atoms with Crippen LogP contribution in [-0.4, -0.2) is 41.8 Å². The summed E-state index contributed by atoms with van der Waals surface area (Å²) >= 11 is 11.7. The predicted octanol–water partition coefficient (Wildman–Crippen LogP) is 5.79. The van der Waals surface area contributed by atoms with Crippen LogP contribution in [0.15, 0.2) is 35.5 Å². The van der Waals surface area contributed by atoms with Gasteiger partial charge in [0.05, 0.1) is 23.7 Å². The summed E-state index contributed by atoms with van der Waals surface area (Å²) in [6.45, 7) is 2.23. The van der Waals surface area contributed by atoms with Crippen LogP contribution >= 0.6 is 23.2 Å². The van der Waals surface area contributed by atoms with Gasteiger partial charge in [0.15, 0.2) is 11.7 Å². The lowest BCUT2D eigenvalue weighted by Gasteiger charge is -2.46. The van der Waals surface area contributed by atoms with Crippen molar-refractivity contribution in [2.75, 3.05) is 13.1 Å². The topological polar surface area (TPSA) is 68.2 Å². The molecule has 3 aliphatic heterocycles. The average molecular weight is 545 g/mol. The molecule has 5 rings (SSSR count). The zero-order chi connectivity index (χ0) is 26.0. The molecule has 190 valence electrons. The Morgan fingerprint density at radius 1 is 1.22 bits per heavy atom. The second kappa shape index (κ2) is 8.62. The van der Waals surface area contributed by atoms with Gasteiger partial charge in [-0.1, -0.05) is 47.4 Å². The van der Waals surface area contributed by atoms with Crippen molar-refractivity contribution in [1.29, 1.82) is 0 Å². The summed E-state index contributed by atoms with van der Waals surface area (Å²) in [5.41, 5.74) is -1.48. The minimum absolute atomic E-state index is 0.0284. The summed E-state index contributed by atoms with van der Waals surface area (Å²) < 4.78 is 62.8. The van der Waals surface area contributed by atoms with Crippen LogP contribution in [0.1, 0.15) is 52.9 Å². The Kier molecular flexibility index (Phi) is 5.95. The lowest BCUT2D eigenvalue weighted by Crippen LogP contribution is -2.61. The zero-order valence-electron chi connectivity index (χ0n) is 18.7. The summed E-state index contributed by atoms with van der Waals surface area (Å²) in [7, 11) is 0. The van der Waals surface area contributed by atoms with E-state index in [-0.39, 0.29) is 35.1 Å². The van der Waals surface area contributed by atoms with Gasteiger partial charge >= 0.3 is 12.1 Å². The Morgan fingerprint density at radius 3 is 2.61 bits per heavy atom. The van der Waals surface area contributed by atoms with Crippen molar-refractivity contribution in [3.63, 3.8) is 0 Å². The first-order valence-electron chi connectivity index (χ1n) is 11.1. The predicted molar refractivity (Wildman–Crippen MR) is 121 cm³/mol. The fourth-order valence-corrected chi connectivity index (χ4v) is 5.37. The molecule has 12 heteroatoms. The van der Waals surface area contributed by atoms with Gasteiger partial charge in [-0.05, 0) is 24.6 Å². The van der Waals surface area contributed by atoms with E-state index in [2.05, 4.69) is 5.16 Å². The standard InChI is InChI=1S/C24H18Cl2F4N2O4/c1-2-3-17(33)32-9-23(10-32)15-5-4-11(6-13(15)22(34)35-23)20-18(24(28,29)30)21(36-31-20)14-7-12(25)8-16(26)19(14)27/h4-8,18,21H,2-3,9-10H2,1H3. The number of carbonyl (C=O) groups is 2. The van der Waals surface area contributed by atoms with E-state index in [0.29, 0.717) is 18.4 Å². The van der Waals surface area contributed by atoms with Crippen LogP contribution in [0.3, 0.4) is 0 Å². The fourth-order valence-electron chi connectivity index (χ4n) is 4.86. The number of oxime groups is 1. The summed E-state index contributed by atoms with van der Waals surface area (Å²) in [4.78, 5) is 31.4. The van der Waals surface area contributed by atoms with Gasteiger partial charge in [0.25, 0.3) is 0 Å². The first kappa shape index (κ1) is 24.8. The van der Waals surface area contributed by atoms with Crippen LogP contribution in [0.2, 0.25) is 10.0 Å². The second-order valence-electron chi connectivity index (χ2n) is 8.96. The van der Waals surface area contributed by atoms with E-state index < -0.39 is 51.9 Å². The number of esters is 1. The van der Waals surface area contributed by atoms with E-state index in [0.717, 1.165) is 12.1 Å². The molecule has 0 saturated carbocycles. The second-order valence-corrected chi connectivity index (χ2v) is 9.80. The highest BCUT2D eigenvalue weighted by Crippen LogP contribution is 2.48. The normalized spacial score (nSPS) is 22.1. The number of carbonyl (C=O) groups excluding carboxylic acids is 2. The lowest BCUT2D eigenvalue weighted by molar-refractivity contribution is -0.178. The molecule has 0 aromatic heterocycles. The van der Waals surface area contributed by atoms with E-state index in [1.54, 1.807) is 4.90 Å². The number of amides is 1. The van der Waals surface area contributed by atoms with Crippen molar-refractivity contribution in [3.05, 3.63) is 68.4 Å². The minimum Gasteiger partial charge on any atom is -0.447 e. The van der Waals surface area contributed by atoms with Crippen LogP contribution in [-0.2, 0) is 20.0 Å². The van der Waals surface area contributed by atoms with Crippen LogP contribution in [0, 0.1) is 11.7 Å². The Bertz CT molecular complexity index is 1310. The van der Waals surface area contributed by atoms with Gasteiger partial charge in [-0.25, -0.2) is 9.18 Å². The Hall–Kier alpha value is -2.85. The van der Waals surface area contributed by atoms with Gasteiger partial charge in [-0.15, -0.1) is 0 Å². The van der Waals surface area contributed by atoms with Crippen LogP contribution in [0.25, 0.3) is 0 Å². The van der Waals surface area contributed by atoms with Gasteiger partial charge in [0.1, 0.15) is 17.4 Å². The molecule has 2 atom stereocenters. The van der Waals surface area contributed by atoms with Crippen molar-refractivity contribution in [1.82, 2.24) is 4.90 Å². The molecule has 36 heavy (non-hydrogen) atoms. The van der Waals surface area contributed by atoms with Crippen LogP contribution < -0.4 is 0 Å². The van der Waals surface area contributed by atoms with Crippen molar-refractivity contribution in [2.45, 2.75) is 37.6 Å². The maximum atomic E-state index is 14.6. The number of likely N-dealkylation sites (tertiary alicyclic amines) is 1.